The molecule has 1 atom stereocenters. The molecule has 0 saturated heterocycles. The van der Waals surface area contributed by atoms with Crippen molar-refractivity contribution >= 4 is 76.7 Å². The molecule has 0 fully saturated rings. The second-order valence-electron chi connectivity index (χ2n) is 15.4. The third kappa shape index (κ3) is 5.49. The second-order valence-corrected chi connectivity index (χ2v) is 15.4. The molecule has 59 heavy (non-hydrogen) atoms. The molecule has 1 aliphatic heterocycles. The number of aliphatic imine (C=N–C) groups is 2. The zero-order valence-corrected chi connectivity index (χ0v) is 32.0. The van der Waals surface area contributed by atoms with Crippen LogP contribution in [0.2, 0.25) is 0 Å². The van der Waals surface area contributed by atoms with Gasteiger partial charge in [-0.25, -0.2) is 9.98 Å². The topological polar surface area (TPSA) is 50.8 Å². The van der Waals surface area contributed by atoms with Crippen molar-refractivity contribution < 1.29 is 4.42 Å². The van der Waals surface area contributed by atoms with Crippen molar-refractivity contribution in [2.45, 2.75) is 12.5 Å². The molecule has 1 aliphatic rings. The Morgan fingerprint density at radius 3 is 1.76 bits per heavy atom. The molecule has 2 aromatic heterocycles. The van der Waals surface area contributed by atoms with Crippen LogP contribution in [0.1, 0.15) is 29.2 Å². The fourth-order valence-electron chi connectivity index (χ4n) is 9.28. The highest BCUT2D eigenvalue weighted by molar-refractivity contribution is 6.25. The summed E-state index contributed by atoms with van der Waals surface area (Å²) in [5.74, 6) is 0.749. The molecule has 0 N–H and O–H groups in total. The molecule has 0 amide bonds. The van der Waals surface area contributed by atoms with Crippen molar-refractivity contribution in [1.29, 1.82) is 0 Å². The third-order valence-electron chi connectivity index (χ3n) is 12.0. The SMILES string of the molecule is c1ccc(C2=NC(c3ccc4c5ccccc5c5ccccc5c4c3)CC(c3ccccc3-c3cccc(-c4nc5oc6ccccc6c5c5ccccc45)c3)=N2)cc1. The van der Waals surface area contributed by atoms with Crippen LogP contribution in [0.3, 0.4) is 0 Å². The normalized spacial score (nSPS) is 14.4. The molecule has 3 heterocycles. The maximum atomic E-state index is 6.35. The van der Waals surface area contributed by atoms with Crippen LogP contribution < -0.4 is 0 Å². The van der Waals surface area contributed by atoms with Crippen molar-refractivity contribution in [3.8, 4) is 22.4 Å². The molecular weight excluding hydrogens is 719 g/mol. The van der Waals surface area contributed by atoms with Crippen molar-refractivity contribution in [3.63, 3.8) is 0 Å². The van der Waals surface area contributed by atoms with Crippen molar-refractivity contribution in [3.05, 3.63) is 211 Å². The van der Waals surface area contributed by atoms with Gasteiger partial charge in [0.2, 0.25) is 5.71 Å². The second kappa shape index (κ2) is 13.5. The largest absolute Gasteiger partial charge is 0.438 e. The summed E-state index contributed by atoms with van der Waals surface area (Å²) in [5, 5.41) is 11.9. The molecule has 0 saturated carbocycles. The van der Waals surface area contributed by atoms with E-state index < -0.39 is 0 Å². The van der Waals surface area contributed by atoms with Crippen LogP contribution in [0.15, 0.2) is 209 Å². The number of furan rings is 1. The smallest absolute Gasteiger partial charge is 0.228 e. The first-order chi connectivity index (χ1) is 29.2. The highest BCUT2D eigenvalue weighted by Gasteiger charge is 2.25. The van der Waals surface area contributed by atoms with Gasteiger partial charge in [0.1, 0.15) is 5.58 Å². The molecule has 276 valence electrons. The highest BCUT2D eigenvalue weighted by Crippen LogP contribution is 2.41. The van der Waals surface area contributed by atoms with Crippen LogP contribution in [0.25, 0.3) is 87.5 Å². The van der Waals surface area contributed by atoms with E-state index in [1.165, 1.54) is 37.9 Å². The summed E-state index contributed by atoms with van der Waals surface area (Å²) >= 11 is 0. The van der Waals surface area contributed by atoms with Gasteiger partial charge in [0.05, 0.1) is 22.8 Å². The Bertz CT molecular complexity index is 3510. The lowest BCUT2D eigenvalue weighted by Gasteiger charge is -2.23. The predicted octanol–water partition coefficient (Wildman–Crippen LogP) is 14.3. The quantitative estimate of drug-likeness (QED) is 0.164. The van der Waals surface area contributed by atoms with Crippen molar-refractivity contribution in [2.24, 2.45) is 9.98 Å². The van der Waals surface area contributed by atoms with Crippen LogP contribution in [-0.2, 0) is 0 Å². The summed E-state index contributed by atoms with van der Waals surface area (Å²) < 4.78 is 6.35. The van der Waals surface area contributed by atoms with E-state index in [1.54, 1.807) is 0 Å². The minimum atomic E-state index is -0.127. The van der Waals surface area contributed by atoms with Crippen LogP contribution in [0, 0.1) is 0 Å². The zero-order valence-electron chi connectivity index (χ0n) is 32.0. The summed E-state index contributed by atoms with van der Waals surface area (Å²) in [6.45, 7) is 0. The van der Waals surface area contributed by atoms with Gasteiger partial charge in [0.25, 0.3) is 0 Å². The lowest BCUT2D eigenvalue weighted by molar-refractivity contribution is 0.655. The van der Waals surface area contributed by atoms with E-state index in [0.717, 1.165) is 72.2 Å². The van der Waals surface area contributed by atoms with Gasteiger partial charge in [0.15, 0.2) is 5.84 Å². The van der Waals surface area contributed by atoms with E-state index in [0.29, 0.717) is 12.1 Å². The number of fused-ring (bicyclic) bond motifs is 11. The number of hydrogen-bond donors (Lipinski definition) is 0. The molecule has 11 aromatic rings. The number of hydrogen-bond acceptors (Lipinski definition) is 4. The molecule has 0 spiro atoms. The highest BCUT2D eigenvalue weighted by atomic mass is 16.3. The van der Waals surface area contributed by atoms with E-state index >= 15 is 0 Å². The van der Waals surface area contributed by atoms with Crippen LogP contribution in [-0.4, -0.2) is 16.5 Å². The Morgan fingerprint density at radius 1 is 0.424 bits per heavy atom. The Balaban J connectivity index is 0.992. The van der Waals surface area contributed by atoms with Crippen LogP contribution in [0.5, 0.6) is 0 Å². The van der Waals surface area contributed by atoms with Gasteiger partial charge in [-0.05, 0) is 72.6 Å². The number of pyridine rings is 1. The Labute approximate surface area is 340 Å². The summed E-state index contributed by atoms with van der Waals surface area (Å²) in [5.41, 5.74) is 9.93. The lowest BCUT2D eigenvalue weighted by Crippen LogP contribution is -2.18. The molecular formula is C55H35N3O. The van der Waals surface area contributed by atoms with E-state index in [9.17, 15) is 0 Å². The van der Waals surface area contributed by atoms with Gasteiger partial charge in [-0.1, -0.05) is 176 Å². The molecule has 0 aliphatic carbocycles. The Morgan fingerprint density at radius 2 is 1.00 bits per heavy atom. The number of nitrogens with zero attached hydrogens (tertiary/aromatic N) is 3. The third-order valence-corrected chi connectivity index (χ3v) is 12.0. The first-order valence-electron chi connectivity index (χ1n) is 20.2. The minimum absolute atomic E-state index is 0.127. The number of aromatic nitrogens is 1. The molecule has 0 bridgehead atoms. The van der Waals surface area contributed by atoms with Gasteiger partial charge in [-0.2, -0.15) is 0 Å². The molecule has 12 rings (SSSR count). The van der Waals surface area contributed by atoms with Crippen LogP contribution in [0.4, 0.5) is 0 Å². The average Bonchev–Trinajstić information content (AvgIpc) is 3.70. The van der Waals surface area contributed by atoms with E-state index in [-0.39, 0.29) is 6.04 Å². The first kappa shape index (κ1) is 33.4. The number of rotatable bonds is 5. The summed E-state index contributed by atoms with van der Waals surface area (Å²) in [4.78, 5) is 15.9. The molecule has 4 nitrogen and oxygen atoms in total. The Hall–Kier alpha value is -7.69. The Kier molecular flexibility index (Phi) is 7.63. The maximum absolute atomic E-state index is 6.35. The lowest BCUT2D eigenvalue weighted by atomic mass is 9.88. The van der Waals surface area contributed by atoms with E-state index in [2.05, 4.69) is 176 Å². The monoisotopic (exact) mass is 753 g/mol. The summed E-state index contributed by atoms with van der Waals surface area (Å²) in [7, 11) is 0. The van der Waals surface area contributed by atoms with Crippen LogP contribution >= 0.6 is 0 Å². The number of para-hydroxylation sites is 1. The zero-order chi connectivity index (χ0) is 38.9. The molecule has 9 aromatic carbocycles. The molecule has 4 heteroatoms. The van der Waals surface area contributed by atoms with Crippen molar-refractivity contribution in [2.75, 3.05) is 0 Å². The summed E-state index contributed by atoms with van der Waals surface area (Å²) in [6.07, 6.45) is 0.666. The first-order valence-corrected chi connectivity index (χ1v) is 20.2. The van der Waals surface area contributed by atoms with E-state index in [4.69, 9.17) is 19.4 Å². The van der Waals surface area contributed by atoms with Crippen molar-refractivity contribution in [1.82, 2.24) is 4.98 Å². The van der Waals surface area contributed by atoms with Gasteiger partial charge in [-0.15, -0.1) is 0 Å². The maximum Gasteiger partial charge on any atom is 0.228 e. The van der Waals surface area contributed by atoms with Gasteiger partial charge < -0.3 is 4.42 Å². The fourth-order valence-corrected chi connectivity index (χ4v) is 9.28. The average molecular weight is 754 g/mol. The van der Waals surface area contributed by atoms with Gasteiger partial charge in [0, 0.05) is 33.9 Å². The van der Waals surface area contributed by atoms with Gasteiger partial charge in [-0.3, -0.25) is 4.99 Å². The standard InChI is InChI=1S/C55H35N3O/c1-2-15-34(16-3-1)54-56-49(36-29-30-43-41-22-6-5-20-39(41)40-21-7-8-23-42(40)48(43)32-36)33-50(57-54)44-24-9-4-19-38(44)35-17-14-18-37(31-35)53-46-26-11-10-25-45(46)52-47-27-12-13-28-51(47)59-55(52)58-53/h1-32,49H,33H2. The molecule has 1 unspecified atom stereocenters. The van der Waals surface area contributed by atoms with Gasteiger partial charge >= 0.3 is 0 Å². The summed E-state index contributed by atoms with van der Waals surface area (Å²) in [6, 6.07) is 68.8. The predicted molar refractivity (Wildman–Crippen MR) is 246 cm³/mol. The number of amidine groups is 1. The minimum Gasteiger partial charge on any atom is -0.438 e. The number of benzene rings is 9. The molecule has 0 radical (unpaired) electrons. The van der Waals surface area contributed by atoms with E-state index in [1.807, 2.05) is 18.2 Å². The fraction of sp³-hybridized carbons (Fsp3) is 0.0364.